The van der Waals surface area contributed by atoms with Crippen LogP contribution in [0, 0.1) is 16.7 Å². The van der Waals surface area contributed by atoms with Crippen LogP contribution in [0.25, 0.3) is 0 Å². The van der Waals surface area contributed by atoms with E-state index in [1.807, 2.05) is 0 Å². The van der Waals surface area contributed by atoms with Crippen LogP contribution in [0.3, 0.4) is 0 Å². The van der Waals surface area contributed by atoms with Crippen LogP contribution >= 0.6 is 0 Å². The van der Waals surface area contributed by atoms with Gasteiger partial charge < -0.3 is 9.88 Å². The number of aromatic nitrogens is 1. The summed E-state index contributed by atoms with van der Waals surface area (Å²) >= 11 is 0. The smallest absolute Gasteiger partial charge is 0.0359 e. The molecule has 0 amide bonds. The van der Waals surface area contributed by atoms with Crippen LogP contribution in [0.15, 0.2) is 18.3 Å². The standard InChI is InChI=1S/C14H24N2/c1-13(2)12(14(13,3)4)10-15-9-11-7-6-8-16(11)5/h6-8,12,15H,9-10H2,1-5H3. The average molecular weight is 220 g/mol. The van der Waals surface area contributed by atoms with E-state index >= 15 is 0 Å². The molecule has 90 valence electrons. The highest BCUT2D eigenvalue weighted by atomic mass is 15.0. The van der Waals surface area contributed by atoms with Gasteiger partial charge in [0.2, 0.25) is 0 Å². The third-order valence-electron chi connectivity index (χ3n) is 5.03. The van der Waals surface area contributed by atoms with Crippen LogP contribution in [0.2, 0.25) is 0 Å². The first-order valence-corrected chi connectivity index (χ1v) is 6.18. The van der Waals surface area contributed by atoms with Crippen molar-refractivity contribution in [3.63, 3.8) is 0 Å². The predicted molar refractivity (Wildman–Crippen MR) is 68.2 cm³/mol. The number of hydrogen-bond acceptors (Lipinski definition) is 1. The Morgan fingerprint density at radius 2 is 1.88 bits per heavy atom. The molecule has 2 nitrogen and oxygen atoms in total. The van der Waals surface area contributed by atoms with Gasteiger partial charge in [-0.2, -0.15) is 0 Å². The van der Waals surface area contributed by atoms with Crippen molar-refractivity contribution in [1.29, 1.82) is 0 Å². The third-order valence-corrected chi connectivity index (χ3v) is 5.03. The van der Waals surface area contributed by atoms with Gasteiger partial charge in [0.1, 0.15) is 0 Å². The molecule has 0 radical (unpaired) electrons. The Morgan fingerprint density at radius 1 is 1.25 bits per heavy atom. The van der Waals surface area contributed by atoms with Crippen LogP contribution in [-0.2, 0) is 13.6 Å². The minimum Gasteiger partial charge on any atom is -0.353 e. The highest BCUT2D eigenvalue weighted by Gasteiger charge is 2.63. The van der Waals surface area contributed by atoms with E-state index in [0.717, 1.165) is 19.0 Å². The molecule has 1 saturated carbocycles. The fraction of sp³-hybridized carbons (Fsp3) is 0.714. The van der Waals surface area contributed by atoms with Crippen LogP contribution in [-0.4, -0.2) is 11.1 Å². The molecule has 1 aromatic rings. The summed E-state index contributed by atoms with van der Waals surface area (Å²) in [5, 5.41) is 3.58. The molecule has 1 aliphatic rings. The van der Waals surface area contributed by atoms with Crippen molar-refractivity contribution in [2.24, 2.45) is 23.8 Å². The summed E-state index contributed by atoms with van der Waals surface area (Å²) in [4.78, 5) is 0. The molecule has 0 spiro atoms. The highest BCUT2D eigenvalue weighted by Crippen LogP contribution is 2.67. The van der Waals surface area contributed by atoms with Crippen molar-refractivity contribution < 1.29 is 0 Å². The fourth-order valence-corrected chi connectivity index (χ4v) is 2.87. The molecule has 0 saturated heterocycles. The van der Waals surface area contributed by atoms with Crippen molar-refractivity contribution in [2.45, 2.75) is 34.2 Å². The van der Waals surface area contributed by atoms with E-state index in [0.29, 0.717) is 10.8 Å². The Bertz CT molecular complexity index is 360. The van der Waals surface area contributed by atoms with Gasteiger partial charge in [0.25, 0.3) is 0 Å². The largest absolute Gasteiger partial charge is 0.353 e. The lowest BCUT2D eigenvalue weighted by Gasteiger charge is -2.07. The minimum absolute atomic E-state index is 0.494. The summed E-state index contributed by atoms with van der Waals surface area (Å²) in [6, 6.07) is 4.28. The van der Waals surface area contributed by atoms with E-state index in [2.05, 4.69) is 63.0 Å². The van der Waals surface area contributed by atoms with Gasteiger partial charge in [-0.05, 0) is 35.4 Å². The Hall–Kier alpha value is -0.760. The zero-order valence-electron chi connectivity index (χ0n) is 11.2. The van der Waals surface area contributed by atoms with Crippen LogP contribution < -0.4 is 5.32 Å². The highest BCUT2D eigenvalue weighted by molar-refractivity contribution is 5.13. The molecule has 1 aliphatic carbocycles. The van der Waals surface area contributed by atoms with Gasteiger partial charge in [-0.25, -0.2) is 0 Å². The van der Waals surface area contributed by atoms with Crippen molar-refractivity contribution in [1.82, 2.24) is 9.88 Å². The number of aryl methyl sites for hydroxylation is 1. The molecule has 1 fully saturated rings. The summed E-state index contributed by atoms with van der Waals surface area (Å²) in [7, 11) is 2.10. The maximum atomic E-state index is 3.58. The van der Waals surface area contributed by atoms with Crippen LogP contribution in [0.4, 0.5) is 0 Å². The fourth-order valence-electron chi connectivity index (χ4n) is 2.87. The number of nitrogens with zero attached hydrogens (tertiary/aromatic N) is 1. The zero-order valence-corrected chi connectivity index (χ0v) is 11.2. The lowest BCUT2D eigenvalue weighted by atomic mass is 10.0. The Morgan fingerprint density at radius 3 is 2.31 bits per heavy atom. The van der Waals surface area contributed by atoms with Crippen LogP contribution in [0.1, 0.15) is 33.4 Å². The third kappa shape index (κ3) is 1.69. The summed E-state index contributed by atoms with van der Waals surface area (Å²) in [5.41, 5.74) is 2.35. The Balaban J connectivity index is 1.81. The lowest BCUT2D eigenvalue weighted by molar-refractivity contribution is 0.457. The molecule has 1 aromatic heterocycles. The summed E-state index contributed by atoms with van der Waals surface area (Å²) in [6.07, 6.45) is 2.10. The monoisotopic (exact) mass is 220 g/mol. The molecule has 0 aliphatic heterocycles. The second-order valence-corrected chi connectivity index (χ2v) is 6.24. The quantitative estimate of drug-likeness (QED) is 0.825. The molecule has 1 N–H and O–H groups in total. The number of nitrogens with one attached hydrogen (secondary N) is 1. The van der Waals surface area contributed by atoms with E-state index in [4.69, 9.17) is 0 Å². The summed E-state index contributed by atoms with van der Waals surface area (Å²) in [5.74, 6) is 0.806. The second kappa shape index (κ2) is 3.63. The number of hydrogen-bond donors (Lipinski definition) is 1. The van der Waals surface area contributed by atoms with E-state index in [1.165, 1.54) is 5.69 Å². The SMILES string of the molecule is Cn1cccc1CNCC1C(C)(C)C1(C)C. The maximum Gasteiger partial charge on any atom is 0.0359 e. The first kappa shape index (κ1) is 11.7. The van der Waals surface area contributed by atoms with Gasteiger partial charge in [-0.1, -0.05) is 27.7 Å². The topological polar surface area (TPSA) is 17.0 Å². The van der Waals surface area contributed by atoms with Gasteiger partial charge >= 0.3 is 0 Å². The Kier molecular flexibility index (Phi) is 2.66. The Labute approximate surface area is 99.0 Å². The second-order valence-electron chi connectivity index (χ2n) is 6.24. The van der Waals surface area contributed by atoms with Gasteiger partial charge in [-0.15, -0.1) is 0 Å². The van der Waals surface area contributed by atoms with Gasteiger partial charge in [0.05, 0.1) is 0 Å². The normalized spacial score (nSPS) is 22.3. The first-order chi connectivity index (χ1) is 7.37. The summed E-state index contributed by atoms with van der Waals surface area (Å²) in [6.45, 7) is 11.6. The lowest BCUT2D eigenvalue weighted by Crippen LogP contribution is -2.20. The molecule has 1 heterocycles. The van der Waals surface area contributed by atoms with E-state index < -0.39 is 0 Å². The van der Waals surface area contributed by atoms with Gasteiger partial charge in [-0.3, -0.25) is 0 Å². The molecular formula is C14H24N2. The van der Waals surface area contributed by atoms with E-state index in [-0.39, 0.29) is 0 Å². The molecule has 0 unspecified atom stereocenters. The van der Waals surface area contributed by atoms with Gasteiger partial charge in [0, 0.05) is 25.5 Å². The molecule has 2 heteroatoms. The van der Waals surface area contributed by atoms with Crippen molar-refractivity contribution in [2.75, 3.05) is 6.54 Å². The van der Waals surface area contributed by atoms with Crippen LogP contribution in [0.5, 0.6) is 0 Å². The first-order valence-electron chi connectivity index (χ1n) is 6.18. The van der Waals surface area contributed by atoms with Crippen molar-refractivity contribution in [3.05, 3.63) is 24.0 Å². The molecule has 16 heavy (non-hydrogen) atoms. The van der Waals surface area contributed by atoms with Crippen molar-refractivity contribution in [3.8, 4) is 0 Å². The average Bonchev–Trinajstić information content (AvgIpc) is 2.52. The number of rotatable bonds is 4. The van der Waals surface area contributed by atoms with E-state index in [1.54, 1.807) is 0 Å². The predicted octanol–water partition coefficient (Wildman–Crippen LogP) is 2.80. The molecular weight excluding hydrogens is 196 g/mol. The molecule has 0 atom stereocenters. The zero-order chi connectivity index (χ0) is 12.0. The van der Waals surface area contributed by atoms with E-state index in [9.17, 15) is 0 Å². The molecule has 0 bridgehead atoms. The maximum absolute atomic E-state index is 3.58. The van der Waals surface area contributed by atoms with Crippen molar-refractivity contribution >= 4 is 0 Å². The summed E-state index contributed by atoms with van der Waals surface area (Å²) < 4.78 is 2.18. The van der Waals surface area contributed by atoms with Gasteiger partial charge in [0.15, 0.2) is 0 Å². The molecule has 0 aromatic carbocycles. The minimum atomic E-state index is 0.494. The molecule has 2 rings (SSSR count).